The molecule has 22 heavy (non-hydrogen) atoms. The number of aryl methyl sites for hydroxylation is 1. The van der Waals surface area contributed by atoms with Crippen LogP contribution < -0.4 is 0 Å². The molecule has 0 aliphatic heterocycles. The maximum atomic E-state index is 11.6. The van der Waals surface area contributed by atoms with Crippen molar-refractivity contribution in [3.63, 3.8) is 0 Å². The minimum Gasteiger partial charge on any atom is -0.427 e. The minimum absolute atomic E-state index is 0.379. The molecule has 2 unspecified atom stereocenters. The third-order valence-electron chi connectivity index (χ3n) is 3.84. The summed E-state index contributed by atoms with van der Waals surface area (Å²) in [4.78, 5) is 13.5. The van der Waals surface area contributed by atoms with E-state index in [2.05, 4.69) is 0 Å². The average Bonchev–Trinajstić information content (AvgIpc) is 2.78. The number of ether oxygens (including phenoxy) is 2. The molecule has 0 amide bonds. The fraction of sp³-hybridized carbons (Fsp3) is 0.588. The van der Waals surface area contributed by atoms with Crippen LogP contribution in [0.4, 0.5) is 0 Å². The summed E-state index contributed by atoms with van der Waals surface area (Å²) in [6.45, 7) is 4.13. The van der Waals surface area contributed by atoms with Gasteiger partial charge in [0.1, 0.15) is 0 Å². The Hall–Kier alpha value is -1.43. The quantitative estimate of drug-likeness (QED) is 0.643. The van der Waals surface area contributed by atoms with E-state index >= 15 is 0 Å². The molecule has 0 spiro atoms. The summed E-state index contributed by atoms with van der Waals surface area (Å²) in [5.41, 5.74) is 2.87. The molecule has 122 valence electrons. The van der Waals surface area contributed by atoms with Gasteiger partial charge in [0.25, 0.3) is 5.79 Å². The summed E-state index contributed by atoms with van der Waals surface area (Å²) >= 11 is 0. The van der Waals surface area contributed by atoms with Crippen molar-refractivity contribution in [2.75, 3.05) is 27.2 Å². The van der Waals surface area contributed by atoms with Gasteiger partial charge in [-0.05, 0) is 51.1 Å². The summed E-state index contributed by atoms with van der Waals surface area (Å²) in [7, 11) is 3.82. The lowest BCUT2D eigenvalue weighted by Crippen LogP contribution is -2.44. The molecular weight excluding hydrogens is 282 g/mol. The van der Waals surface area contributed by atoms with E-state index in [0.717, 1.165) is 29.5 Å². The van der Waals surface area contributed by atoms with Crippen LogP contribution in [0, 0.1) is 0 Å². The molecule has 0 heterocycles. The Kier molecular flexibility index (Phi) is 5.21. The number of nitrogens with zero attached hydrogens (tertiary/aromatic N) is 1. The van der Waals surface area contributed by atoms with E-state index in [1.807, 2.05) is 44.1 Å². The Labute approximate surface area is 131 Å². The Morgan fingerprint density at radius 3 is 2.77 bits per heavy atom. The summed E-state index contributed by atoms with van der Waals surface area (Å²) in [6.07, 6.45) is 1.17. The van der Waals surface area contributed by atoms with Crippen LogP contribution in [0.3, 0.4) is 0 Å². The molecule has 1 aromatic rings. The van der Waals surface area contributed by atoms with Gasteiger partial charge in [0.2, 0.25) is 0 Å². The van der Waals surface area contributed by atoms with Crippen molar-refractivity contribution in [3.05, 3.63) is 34.9 Å². The van der Waals surface area contributed by atoms with Gasteiger partial charge in [0, 0.05) is 19.1 Å². The molecule has 1 N–H and O–H groups in total. The van der Waals surface area contributed by atoms with Crippen molar-refractivity contribution in [3.8, 4) is 0 Å². The summed E-state index contributed by atoms with van der Waals surface area (Å²) in [6, 6.07) is 5.79. The van der Waals surface area contributed by atoms with Crippen LogP contribution in [0.1, 0.15) is 43.1 Å². The monoisotopic (exact) mass is 307 g/mol. The number of likely N-dealkylation sites (N-methyl/N-ethyl adjacent to an activating group) is 1. The molecule has 1 aromatic carbocycles. The highest BCUT2D eigenvalue weighted by Gasteiger charge is 2.38. The molecule has 5 heteroatoms. The zero-order valence-electron chi connectivity index (χ0n) is 13.8. The maximum Gasteiger partial charge on any atom is 0.305 e. The SMILES string of the molecule is CCOC(CN(C)C)(OC(C)=O)c1ccc2c(c1)CCC2O. The Bertz CT molecular complexity index is 543. The smallest absolute Gasteiger partial charge is 0.305 e. The van der Waals surface area contributed by atoms with Crippen molar-refractivity contribution in [1.82, 2.24) is 4.90 Å². The van der Waals surface area contributed by atoms with Crippen molar-refractivity contribution in [2.24, 2.45) is 0 Å². The Morgan fingerprint density at radius 2 is 2.18 bits per heavy atom. The molecule has 2 atom stereocenters. The number of hydrogen-bond acceptors (Lipinski definition) is 5. The second-order valence-corrected chi connectivity index (χ2v) is 5.99. The molecule has 0 bridgehead atoms. The Balaban J connectivity index is 2.45. The summed E-state index contributed by atoms with van der Waals surface area (Å²) in [5, 5.41) is 9.94. The maximum absolute atomic E-state index is 11.6. The molecular formula is C17H25NO4. The first-order chi connectivity index (χ1) is 10.4. The van der Waals surface area contributed by atoms with Crippen LogP contribution in [0.2, 0.25) is 0 Å². The van der Waals surface area contributed by atoms with Gasteiger partial charge in [-0.1, -0.05) is 12.1 Å². The van der Waals surface area contributed by atoms with Crippen molar-refractivity contribution in [1.29, 1.82) is 0 Å². The van der Waals surface area contributed by atoms with E-state index in [0.29, 0.717) is 13.2 Å². The number of esters is 1. The van der Waals surface area contributed by atoms with E-state index in [-0.39, 0.29) is 5.97 Å². The molecule has 0 fully saturated rings. The number of aliphatic hydroxyl groups excluding tert-OH is 1. The van der Waals surface area contributed by atoms with E-state index < -0.39 is 11.9 Å². The van der Waals surface area contributed by atoms with E-state index in [1.54, 1.807) is 0 Å². The van der Waals surface area contributed by atoms with Crippen LogP contribution in [0.25, 0.3) is 0 Å². The number of fused-ring (bicyclic) bond motifs is 1. The molecule has 2 rings (SSSR count). The summed E-state index contributed by atoms with van der Waals surface area (Å²) < 4.78 is 11.5. The van der Waals surface area contributed by atoms with Crippen molar-refractivity contribution >= 4 is 5.97 Å². The fourth-order valence-electron chi connectivity index (χ4n) is 3.05. The normalized spacial score (nSPS) is 19.8. The minimum atomic E-state index is -1.12. The second kappa shape index (κ2) is 6.77. The average molecular weight is 307 g/mol. The second-order valence-electron chi connectivity index (χ2n) is 5.99. The third kappa shape index (κ3) is 3.48. The highest BCUT2D eigenvalue weighted by molar-refractivity contribution is 5.66. The highest BCUT2D eigenvalue weighted by atomic mass is 16.7. The Morgan fingerprint density at radius 1 is 1.45 bits per heavy atom. The van der Waals surface area contributed by atoms with Crippen LogP contribution >= 0.6 is 0 Å². The first-order valence-electron chi connectivity index (χ1n) is 7.67. The van der Waals surface area contributed by atoms with Gasteiger partial charge in [0.05, 0.1) is 12.6 Å². The number of rotatable bonds is 6. The molecule has 1 aliphatic rings. The lowest BCUT2D eigenvalue weighted by atomic mass is 9.99. The van der Waals surface area contributed by atoms with E-state index in [4.69, 9.17) is 9.47 Å². The highest BCUT2D eigenvalue weighted by Crippen LogP contribution is 2.36. The molecule has 0 saturated carbocycles. The number of carbonyl (C=O) groups is 1. The van der Waals surface area contributed by atoms with Gasteiger partial charge in [0.15, 0.2) is 0 Å². The lowest BCUT2D eigenvalue weighted by Gasteiger charge is -2.35. The largest absolute Gasteiger partial charge is 0.427 e. The predicted molar refractivity (Wildman–Crippen MR) is 83.3 cm³/mol. The third-order valence-corrected chi connectivity index (χ3v) is 3.84. The van der Waals surface area contributed by atoms with Crippen molar-refractivity contribution < 1.29 is 19.4 Å². The molecule has 0 aromatic heterocycles. The van der Waals surface area contributed by atoms with Crippen molar-refractivity contribution in [2.45, 2.75) is 38.6 Å². The topological polar surface area (TPSA) is 59.0 Å². The van der Waals surface area contributed by atoms with Gasteiger partial charge in [-0.15, -0.1) is 0 Å². The first-order valence-corrected chi connectivity index (χ1v) is 7.67. The molecule has 5 nitrogen and oxygen atoms in total. The predicted octanol–water partition coefficient (Wildman–Crippen LogP) is 1.98. The lowest BCUT2D eigenvalue weighted by molar-refractivity contribution is -0.241. The van der Waals surface area contributed by atoms with Crippen LogP contribution in [-0.2, 0) is 26.5 Å². The molecule has 1 aliphatic carbocycles. The number of aliphatic hydroxyl groups is 1. The van der Waals surface area contributed by atoms with Gasteiger partial charge in [-0.3, -0.25) is 4.79 Å². The fourth-order valence-corrected chi connectivity index (χ4v) is 3.05. The zero-order chi connectivity index (χ0) is 16.3. The first kappa shape index (κ1) is 16.9. The molecule has 0 saturated heterocycles. The number of benzene rings is 1. The molecule has 0 radical (unpaired) electrons. The van der Waals surface area contributed by atoms with E-state index in [1.165, 1.54) is 6.92 Å². The summed E-state index contributed by atoms with van der Waals surface area (Å²) in [5.74, 6) is -1.50. The zero-order valence-corrected chi connectivity index (χ0v) is 13.8. The number of carbonyl (C=O) groups excluding carboxylic acids is 1. The van der Waals surface area contributed by atoms with Crippen LogP contribution in [0.15, 0.2) is 18.2 Å². The van der Waals surface area contributed by atoms with Gasteiger partial charge < -0.3 is 19.5 Å². The van der Waals surface area contributed by atoms with E-state index in [9.17, 15) is 9.90 Å². The van der Waals surface area contributed by atoms with Crippen LogP contribution in [-0.4, -0.2) is 43.2 Å². The van der Waals surface area contributed by atoms with Crippen LogP contribution in [0.5, 0.6) is 0 Å². The van der Waals surface area contributed by atoms with Gasteiger partial charge in [-0.2, -0.15) is 0 Å². The number of hydrogen-bond donors (Lipinski definition) is 1. The van der Waals surface area contributed by atoms with Gasteiger partial charge in [-0.25, -0.2) is 0 Å². The standard InChI is InChI=1S/C17H25NO4/c1-5-21-17(11-18(3)4,22-12(2)19)14-7-8-15-13(10-14)6-9-16(15)20/h7-8,10,16,20H,5-6,9,11H2,1-4H3. The van der Waals surface area contributed by atoms with Gasteiger partial charge >= 0.3 is 5.97 Å².